The van der Waals surface area contributed by atoms with Crippen LogP contribution in [-0.2, 0) is 17.9 Å². The highest BCUT2D eigenvalue weighted by Crippen LogP contribution is 2.15. The molecule has 1 aliphatic heterocycles. The Hall–Kier alpha value is -2.04. The third-order valence-corrected chi connectivity index (χ3v) is 4.83. The largest absolute Gasteiger partial charge is 0.357 e. The van der Waals surface area contributed by atoms with Crippen LogP contribution in [0.5, 0.6) is 0 Å². The summed E-state index contributed by atoms with van der Waals surface area (Å²) in [7, 11) is 0. The van der Waals surface area contributed by atoms with Gasteiger partial charge in [-0.1, -0.05) is 51.0 Å². The first-order valence-electron chi connectivity index (χ1n) is 10.5. The smallest absolute Gasteiger partial charge is 0.222 e. The van der Waals surface area contributed by atoms with Crippen LogP contribution in [0.2, 0.25) is 0 Å². The number of nitrogens with one attached hydrogen (secondary N) is 2. The Morgan fingerprint density at radius 3 is 2.52 bits per heavy atom. The van der Waals surface area contributed by atoms with E-state index in [-0.39, 0.29) is 5.91 Å². The number of unbranched alkanes of at least 4 members (excludes halogenated alkanes) is 1. The minimum absolute atomic E-state index is 0.276. The van der Waals surface area contributed by atoms with Gasteiger partial charge in [-0.15, -0.1) is 0 Å². The third-order valence-electron chi connectivity index (χ3n) is 4.83. The van der Waals surface area contributed by atoms with Gasteiger partial charge >= 0.3 is 0 Å². The van der Waals surface area contributed by atoms with Gasteiger partial charge in [0.15, 0.2) is 5.96 Å². The summed E-state index contributed by atoms with van der Waals surface area (Å²) in [5.74, 6) is 1.94. The number of nitrogens with zero attached hydrogens (tertiary/aromatic N) is 2. The van der Waals surface area contributed by atoms with Crippen molar-refractivity contribution in [1.82, 2.24) is 15.5 Å². The molecule has 0 spiro atoms. The van der Waals surface area contributed by atoms with Crippen molar-refractivity contribution >= 4 is 11.9 Å². The molecule has 27 heavy (non-hydrogen) atoms. The lowest BCUT2D eigenvalue weighted by molar-refractivity contribution is -0.128. The van der Waals surface area contributed by atoms with E-state index in [1.165, 1.54) is 30.4 Å². The minimum Gasteiger partial charge on any atom is -0.357 e. The number of guanidine groups is 1. The van der Waals surface area contributed by atoms with Crippen molar-refractivity contribution in [1.29, 1.82) is 0 Å². The zero-order valence-corrected chi connectivity index (χ0v) is 17.3. The first-order valence-corrected chi connectivity index (χ1v) is 10.5. The molecule has 1 saturated heterocycles. The van der Waals surface area contributed by atoms with E-state index in [4.69, 9.17) is 4.99 Å². The highest BCUT2D eigenvalue weighted by Gasteiger charge is 2.19. The second-order valence-electron chi connectivity index (χ2n) is 7.75. The molecular weight excluding hydrogens is 336 g/mol. The molecule has 1 fully saturated rings. The fourth-order valence-electron chi connectivity index (χ4n) is 3.24. The van der Waals surface area contributed by atoms with Crippen LogP contribution in [0.25, 0.3) is 0 Å². The maximum absolute atomic E-state index is 11.7. The van der Waals surface area contributed by atoms with E-state index in [2.05, 4.69) is 55.7 Å². The van der Waals surface area contributed by atoms with Crippen LogP contribution in [0.4, 0.5) is 0 Å². The number of carbonyl (C=O) groups is 1. The van der Waals surface area contributed by atoms with Crippen molar-refractivity contribution in [3.63, 3.8) is 0 Å². The van der Waals surface area contributed by atoms with E-state index < -0.39 is 0 Å². The maximum Gasteiger partial charge on any atom is 0.222 e. The van der Waals surface area contributed by atoms with Crippen molar-refractivity contribution in [3.8, 4) is 0 Å². The zero-order chi connectivity index (χ0) is 19.5. The van der Waals surface area contributed by atoms with Gasteiger partial charge in [0.25, 0.3) is 0 Å². The Morgan fingerprint density at radius 1 is 1.15 bits per heavy atom. The number of hydrogen-bond acceptors (Lipinski definition) is 2. The van der Waals surface area contributed by atoms with E-state index in [1.807, 2.05) is 4.90 Å². The fourth-order valence-corrected chi connectivity index (χ4v) is 3.24. The molecule has 0 saturated carbocycles. The average molecular weight is 373 g/mol. The van der Waals surface area contributed by atoms with Gasteiger partial charge in [0.05, 0.1) is 6.54 Å². The standard InChI is InChI=1S/C22H36N4O/c1-4-23-22(24-14-6-5-8-18(2)3)25-16-19-10-12-20(13-11-19)17-26-15-7-9-21(26)27/h10-13,18H,4-9,14-17H2,1-3H3,(H2,23,24,25). The second kappa shape index (κ2) is 11.6. The van der Waals surface area contributed by atoms with Gasteiger partial charge < -0.3 is 15.5 Å². The number of rotatable bonds is 10. The SMILES string of the molecule is CCNC(=NCc1ccc(CN2CCCC2=O)cc1)NCCCCC(C)C. The maximum atomic E-state index is 11.7. The predicted octanol–water partition coefficient (Wildman–Crippen LogP) is 3.69. The van der Waals surface area contributed by atoms with Crippen LogP contribution in [0.15, 0.2) is 29.3 Å². The lowest BCUT2D eigenvalue weighted by Crippen LogP contribution is -2.37. The molecule has 150 valence electrons. The van der Waals surface area contributed by atoms with Crippen LogP contribution in [0.1, 0.15) is 64.0 Å². The van der Waals surface area contributed by atoms with Gasteiger partial charge in [-0.05, 0) is 36.8 Å². The summed E-state index contributed by atoms with van der Waals surface area (Å²) in [6.07, 6.45) is 5.40. The summed E-state index contributed by atoms with van der Waals surface area (Å²) in [5, 5.41) is 6.74. The Bertz CT molecular complexity index is 595. The number of hydrogen-bond donors (Lipinski definition) is 2. The average Bonchev–Trinajstić information content (AvgIpc) is 3.05. The molecule has 0 atom stereocenters. The fraction of sp³-hybridized carbons (Fsp3) is 0.636. The number of carbonyl (C=O) groups excluding carboxylic acids is 1. The molecule has 1 aliphatic rings. The molecule has 0 unspecified atom stereocenters. The van der Waals surface area contributed by atoms with E-state index in [0.717, 1.165) is 44.5 Å². The molecule has 0 radical (unpaired) electrons. The van der Waals surface area contributed by atoms with Crippen LogP contribution in [0, 0.1) is 5.92 Å². The summed E-state index contributed by atoms with van der Waals surface area (Å²) in [6.45, 7) is 10.7. The van der Waals surface area contributed by atoms with Crippen LogP contribution in [0.3, 0.4) is 0 Å². The van der Waals surface area contributed by atoms with Crippen molar-refractivity contribution < 1.29 is 4.79 Å². The first kappa shape index (κ1) is 21.3. The number of benzene rings is 1. The van der Waals surface area contributed by atoms with Gasteiger partial charge in [0.1, 0.15) is 0 Å². The van der Waals surface area contributed by atoms with Gasteiger partial charge in [-0.3, -0.25) is 4.79 Å². The molecule has 0 aromatic heterocycles. The van der Waals surface area contributed by atoms with Crippen molar-refractivity contribution in [2.45, 2.75) is 66.0 Å². The molecule has 1 amide bonds. The lowest BCUT2D eigenvalue weighted by atomic mass is 10.1. The molecule has 2 N–H and O–H groups in total. The summed E-state index contributed by atoms with van der Waals surface area (Å²) >= 11 is 0. The molecule has 1 aromatic carbocycles. The predicted molar refractivity (Wildman–Crippen MR) is 113 cm³/mol. The number of aliphatic imine (C=N–C) groups is 1. The van der Waals surface area contributed by atoms with Crippen LogP contribution < -0.4 is 10.6 Å². The van der Waals surface area contributed by atoms with Crippen LogP contribution >= 0.6 is 0 Å². The molecular formula is C22H36N4O. The Morgan fingerprint density at radius 2 is 1.89 bits per heavy atom. The number of amides is 1. The van der Waals surface area contributed by atoms with E-state index in [9.17, 15) is 4.79 Å². The normalized spacial score (nSPS) is 14.9. The molecule has 2 rings (SSSR count). The lowest BCUT2D eigenvalue weighted by Gasteiger charge is -2.15. The first-order chi connectivity index (χ1) is 13.1. The highest BCUT2D eigenvalue weighted by molar-refractivity contribution is 5.79. The third kappa shape index (κ3) is 8.02. The van der Waals surface area contributed by atoms with E-state index in [1.54, 1.807) is 0 Å². The molecule has 5 nitrogen and oxygen atoms in total. The molecule has 5 heteroatoms. The second-order valence-corrected chi connectivity index (χ2v) is 7.75. The molecule has 0 aliphatic carbocycles. The Balaban J connectivity index is 1.79. The van der Waals surface area contributed by atoms with Crippen LogP contribution in [-0.4, -0.2) is 36.4 Å². The van der Waals surface area contributed by atoms with E-state index >= 15 is 0 Å². The summed E-state index contributed by atoms with van der Waals surface area (Å²) < 4.78 is 0. The number of likely N-dealkylation sites (tertiary alicyclic amines) is 1. The van der Waals surface area contributed by atoms with E-state index in [0.29, 0.717) is 13.0 Å². The van der Waals surface area contributed by atoms with Crippen molar-refractivity contribution in [3.05, 3.63) is 35.4 Å². The van der Waals surface area contributed by atoms with Gasteiger partial charge in [0.2, 0.25) is 5.91 Å². The summed E-state index contributed by atoms with van der Waals surface area (Å²) in [5.41, 5.74) is 2.37. The van der Waals surface area contributed by atoms with Crippen molar-refractivity contribution in [2.24, 2.45) is 10.9 Å². The van der Waals surface area contributed by atoms with Gasteiger partial charge in [0, 0.05) is 32.6 Å². The molecule has 1 heterocycles. The highest BCUT2D eigenvalue weighted by atomic mass is 16.2. The molecule has 1 aromatic rings. The summed E-state index contributed by atoms with van der Waals surface area (Å²) in [6, 6.07) is 8.46. The Labute approximate surface area is 164 Å². The topological polar surface area (TPSA) is 56.7 Å². The monoisotopic (exact) mass is 372 g/mol. The quantitative estimate of drug-likeness (QED) is 0.374. The van der Waals surface area contributed by atoms with Gasteiger partial charge in [-0.2, -0.15) is 0 Å². The molecule has 0 bridgehead atoms. The Kier molecular flexibility index (Phi) is 9.16. The zero-order valence-electron chi connectivity index (χ0n) is 17.3. The van der Waals surface area contributed by atoms with Gasteiger partial charge in [-0.25, -0.2) is 4.99 Å². The van der Waals surface area contributed by atoms with Crippen molar-refractivity contribution in [2.75, 3.05) is 19.6 Å². The minimum atomic E-state index is 0.276. The summed E-state index contributed by atoms with van der Waals surface area (Å²) in [4.78, 5) is 18.4.